The van der Waals surface area contributed by atoms with Crippen molar-refractivity contribution < 1.29 is 8.97 Å². The Morgan fingerprint density at radius 2 is 2.33 bits per heavy atom. The number of hydrogen-bond acceptors (Lipinski definition) is 6. The van der Waals surface area contributed by atoms with Crippen LogP contribution in [-0.2, 0) is 11.4 Å². The Bertz CT molecular complexity index is 596. The van der Waals surface area contributed by atoms with Crippen molar-refractivity contribution in [3.63, 3.8) is 0 Å². The molecule has 0 bridgehead atoms. The van der Waals surface area contributed by atoms with E-state index in [2.05, 4.69) is 26.0 Å². The maximum atomic E-state index is 11.8. The zero-order chi connectivity index (χ0) is 13.1. The minimum absolute atomic E-state index is 0.0681. The van der Waals surface area contributed by atoms with E-state index in [0.29, 0.717) is 29.3 Å². The fourth-order valence-corrected chi connectivity index (χ4v) is 3.23. The highest BCUT2D eigenvalue weighted by molar-refractivity contribution is 9.10. The highest BCUT2D eigenvalue weighted by Gasteiger charge is 2.09. The predicted molar refractivity (Wildman–Crippen MR) is 78.6 cm³/mol. The van der Waals surface area contributed by atoms with Crippen molar-refractivity contribution in [3.05, 3.63) is 26.1 Å². The number of fused-ring (bicyclic) bond motifs is 1. The van der Waals surface area contributed by atoms with Gasteiger partial charge in [0, 0.05) is 29.4 Å². The average molecular weight is 351 g/mol. The molecule has 0 fully saturated rings. The molecule has 0 aliphatic carbocycles. The molecule has 0 radical (unpaired) electrons. The van der Waals surface area contributed by atoms with Crippen LogP contribution in [0.2, 0.25) is 0 Å². The summed E-state index contributed by atoms with van der Waals surface area (Å²) in [7, 11) is 0. The average Bonchev–Trinajstić information content (AvgIpc) is 2.67. The topological polar surface area (TPSA) is 77.3 Å². The van der Waals surface area contributed by atoms with E-state index >= 15 is 0 Å². The van der Waals surface area contributed by atoms with Gasteiger partial charge in [-0.3, -0.25) is 4.79 Å². The van der Waals surface area contributed by atoms with Crippen molar-refractivity contribution in [1.29, 1.82) is 0 Å². The van der Waals surface area contributed by atoms with Crippen LogP contribution in [0.25, 0.3) is 10.3 Å². The van der Waals surface area contributed by atoms with Crippen LogP contribution in [0.1, 0.15) is 0 Å². The summed E-state index contributed by atoms with van der Waals surface area (Å²) in [6, 6.07) is 1.42. The van der Waals surface area contributed by atoms with Gasteiger partial charge < -0.3 is 14.3 Å². The maximum absolute atomic E-state index is 11.8. The largest absolute Gasteiger partial charge is 0.598 e. The maximum Gasteiger partial charge on any atom is 0.204 e. The minimum Gasteiger partial charge on any atom is -0.598 e. The Labute approximate surface area is 119 Å². The van der Waals surface area contributed by atoms with Crippen LogP contribution in [0.15, 0.2) is 25.1 Å². The van der Waals surface area contributed by atoms with Gasteiger partial charge in [0.1, 0.15) is 11.0 Å². The molecule has 1 atom stereocenters. The van der Waals surface area contributed by atoms with Gasteiger partial charge in [0.05, 0.1) is 11.0 Å². The van der Waals surface area contributed by atoms with E-state index in [-0.39, 0.29) is 5.43 Å². The molecule has 98 valence electrons. The Morgan fingerprint density at radius 1 is 1.56 bits per heavy atom. The Morgan fingerprint density at radius 3 is 3.06 bits per heavy atom. The monoisotopic (exact) mass is 350 g/mol. The molecule has 18 heavy (non-hydrogen) atoms. The lowest BCUT2D eigenvalue weighted by Crippen LogP contribution is -2.27. The lowest BCUT2D eigenvalue weighted by molar-refractivity contribution is 0.585. The first kappa shape index (κ1) is 13.9. The van der Waals surface area contributed by atoms with Crippen LogP contribution in [0.4, 0.5) is 5.88 Å². The molecule has 2 rings (SSSR count). The van der Waals surface area contributed by atoms with E-state index in [1.54, 1.807) is 6.26 Å². The first-order valence-electron chi connectivity index (χ1n) is 5.09. The van der Waals surface area contributed by atoms with Crippen molar-refractivity contribution >= 4 is 54.8 Å². The van der Waals surface area contributed by atoms with Crippen molar-refractivity contribution in [3.8, 4) is 0 Å². The second-order valence-corrected chi connectivity index (χ2v) is 6.42. The molecule has 2 aromatic rings. The van der Waals surface area contributed by atoms with Gasteiger partial charge in [-0.25, -0.2) is 0 Å². The van der Waals surface area contributed by atoms with E-state index in [0.717, 1.165) is 4.47 Å². The summed E-state index contributed by atoms with van der Waals surface area (Å²) in [5.41, 5.74) is 0.489. The van der Waals surface area contributed by atoms with Gasteiger partial charge in [-0.2, -0.15) is 0 Å². The van der Waals surface area contributed by atoms with Gasteiger partial charge >= 0.3 is 0 Å². The second kappa shape index (κ2) is 6.07. The lowest BCUT2D eigenvalue weighted by atomic mass is 10.4. The molecule has 0 aromatic carbocycles. The van der Waals surface area contributed by atoms with Crippen molar-refractivity contribution in [2.45, 2.75) is 0 Å². The Balaban J connectivity index is 2.09. The SMILES string of the molecule is C[S+]([O-])NCCNc1cc(=O)c2scc(Br)c2o1. The van der Waals surface area contributed by atoms with Crippen LogP contribution in [0, 0.1) is 0 Å². The molecule has 0 spiro atoms. The summed E-state index contributed by atoms with van der Waals surface area (Å²) in [5.74, 6) is 0.412. The Hall–Kier alpha value is -0.540. The van der Waals surface area contributed by atoms with Crippen molar-refractivity contribution in [1.82, 2.24) is 4.72 Å². The van der Waals surface area contributed by atoms with Crippen LogP contribution in [-0.4, -0.2) is 23.9 Å². The fraction of sp³-hybridized carbons (Fsp3) is 0.300. The van der Waals surface area contributed by atoms with E-state index in [1.807, 2.05) is 5.38 Å². The highest BCUT2D eigenvalue weighted by atomic mass is 79.9. The standard InChI is InChI=1S/C10H11BrN2O3S2/c1-18(15)13-3-2-12-8-4-7(14)10-9(16-8)6(11)5-17-10/h4-5,12-13H,2-3H2,1H3. The third-order valence-electron chi connectivity index (χ3n) is 2.13. The van der Waals surface area contributed by atoms with Gasteiger partial charge in [-0.15, -0.1) is 16.1 Å². The third-order valence-corrected chi connectivity index (χ3v) is 4.61. The molecule has 0 saturated carbocycles. The normalized spacial score (nSPS) is 12.8. The smallest absolute Gasteiger partial charge is 0.204 e. The van der Waals surface area contributed by atoms with Crippen molar-refractivity contribution in [2.75, 3.05) is 24.7 Å². The second-order valence-electron chi connectivity index (χ2n) is 3.49. The van der Waals surface area contributed by atoms with E-state index in [9.17, 15) is 9.35 Å². The van der Waals surface area contributed by atoms with Gasteiger partial charge in [0.15, 0.2) is 11.5 Å². The van der Waals surface area contributed by atoms with Crippen molar-refractivity contribution in [2.24, 2.45) is 0 Å². The minimum atomic E-state index is -1.04. The predicted octanol–water partition coefficient (Wildman–Crippen LogP) is 1.91. The van der Waals surface area contributed by atoms with E-state index in [1.165, 1.54) is 17.4 Å². The summed E-state index contributed by atoms with van der Waals surface area (Å²) in [5, 5.41) is 4.79. The summed E-state index contributed by atoms with van der Waals surface area (Å²) in [4.78, 5) is 11.8. The molecule has 0 saturated heterocycles. The number of anilines is 1. The quantitative estimate of drug-likeness (QED) is 0.636. The molecular weight excluding hydrogens is 340 g/mol. The molecule has 2 aromatic heterocycles. The third kappa shape index (κ3) is 3.27. The summed E-state index contributed by atoms with van der Waals surface area (Å²) >= 11 is 3.65. The van der Waals surface area contributed by atoms with E-state index < -0.39 is 11.4 Å². The molecular formula is C10H11BrN2O3S2. The van der Waals surface area contributed by atoms with Gasteiger partial charge in [-0.1, -0.05) is 0 Å². The Kier molecular flexibility index (Phi) is 4.68. The van der Waals surface area contributed by atoms with Crippen LogP contribution < -0.4 is 15.5 Å². The molecule has 8 heteroatoms. The lowest BCUT2D eigenvalue weighted by Gasteiger charge is -2.07. The molecule has 0 aliphatic heterocycles. The number of thiophene rings is 1. The number of halogens is 1. The molecule has 2 N–H and O–H groups in total. The highest BCUT2D eigenvalue weighted by Crippen LogP contribution is 2.29. The molecule has 0 aliphatic rings. The first-order valence-corrected chi connectivity index (χ1v) is 8.32. The fourth-order valence-electron chi connectivity index (χ4n) is 1.38. The van der Waals surface area contributed by atoms with Crippen LogP contribution >= 0.6 is 27.3 Å². The zero-order valence-corrected chi connectivity index (χ0v) is 12.7. The van der Waals surface area contributed by atoms with Gasteiger partial charge in [0.2, 0.25) is 5.43 Å². The van der Waals surface area contributed by atoms with Crippen LogP contribution in [0.5, 0.6) is 0 Å². The van der Waals surface area contributed by atoms with Gasteiger partial charge in [0.25, 0.3) is 0 Å². The van der Waals surface area contributed by atoms with Crippen LogP contribution in [0.3, 0.4) is 0 Å². The zero-order valence-electron chi connectivity index (χ0n) is 9.49. The van der Waals surface area contributed by atoms with E-state index in [4.69, 9.17) is 4.42 Å². The molecule has 2 heterocycles. The molecule has 1 unspecified atom stereocenters. The summed E-state index contributed by atoms with van der Waals surface area (Å²) in [6.45, 7) is 1.05. The number of nitrogens with one attached hydrogen (secondary N) is 2. The summed E-state index contributed by atoms with van der Waals surface area (Å²) < 4.78 is 20.5. The van der Waals surface area contributed by atoms with Gasteiger partial charge in [-0.05, 0) is 15.9 Å². The number of hydrogen-bond donors (Lipinski definition) is 2. The number of rotatable bonds is 5. The molecule has 0 amide bonds. The molecule has 5 nitrogen and oxygen atoms in total. The first-order chi connectivity index (χ1) is 8.58. The summed E-state index contributed by atoms with van der Waals surface area (Å²) in [6.07, 6.45) is 1.56.